The van der Waals surface area contributed by atoms with E-state index in [0.717, 1.165) is 15.2 Å². The van der Waals surface area contributed by atoms with Gasteiger partial charge in [-0.3, -0.25) is 0 Å². The summed E-state index contributed by atoms with van der Waals surface area (Å²) in [5.41, 5.74) is 6.79. The lowest BCUT2D eigenvalue weighted by atomic mass is 10.2. The summed E-state index contributed by atoms with van der Waals surface area (Å²) in [5, 5.41) is 6.15. The van der Waals surface area contributed by atoms with Crippen molar-refractivity contribution in [3.8, 4) is 0 Å². The van der Waals surface area contributed by atoms with E-state index in [0.29, 0.717) is 6.54 Å². The molecule has 2 aromatic rings. The minimum Gasteiger partial charge on any atom is -0.376 e. The number of hydrogen-bond donors (Lipinski definition) is 2. The summed E-state index contributed by atoms with van der Waals surface area (Å²) >= 11 is 11.2. The third kappa shape index (κ3) is 3.22. The van der Waals surface area contributed by atoms with Gasteiger partial charge < -0.3 is 11.1 Å². The maximum Gasteiger partial charge on any atom is 0.0739 e. The Bertz CT molecular complexity index is 501. The van der Waals surface area contributed by atoms with Gasteiger partial charge in [-0.15, -0.1) is 11.3 Å². The predicted molar refractivity (Wildman–Crippen MR) is 78.9 cm³/mol. The number of nitrogens with one attached hydrogen (secondary N) is 1. The summed E-state index contributed by atoms with van der Waals surface area (Å²) in [6.45, 7) is 0.533. The molecule has 17 heavy (non-hydrogen) atoms. The van der Waals surface area contributed by atoms with Gasteiger partial charge in [0, 0.05) is 26.6 Å². The van der Waals surface area contributed by atoms with Crippen molar-refractivity contribution in [3.63, 3.8) is 0 Å². The summed E-state index contributed by atoms with van der Waals surface area (Å²) in [7, 11) is 0. The van der Waals surface area contributed by atoms with Crippen LogP contribution in [0, 0.1) is 0 Å². The molecular weight excluding hydrogens is 320 g/mol. The Labute approximate surface area is 118 Å². The van der Waals surface area contributed by atoms with Crippen molar-refractivity contribution in [1.82, 2.24) is 0 Å². The number of benzene rings is 1. The third-order valence-electron chi connectivity index (χ3n) is 2.36. The van der Waals surface area contributed by atoms with Crippen LogP contribution in [-0.4, -0.2) is 6.54 Å². The molecule has 0 saturated carbocycles. The van der Waals surface area contributed by atoms with E-state index in [1.807, 2.05) is 35.7 Å². The number of anilines is 1. The van der Waals surface area contributed by atoms with E-state index in [4.69, 9.17) is 17.3 Å². The molecule has 0 aliphatic heterocycles. The van der Waals surface area contributed by atoms with Crippen LogP contribution in [0.15, 0.2) is 40.2 Å². The Morgan fingerprint density at radius 1 is 1.41 bits per heavy atom. The molecule has 0 fully saturated rings. The van der Waals surface area contributed by atoms with Gasteiger partial charge in [0.25, 0.3) is 0 Å². The highest BCUT2D eigenvalue weighted by Gasteiger charge is 2.14. The monoisotopic (exact) mass is 330 g/mol. The molecule has 3 N–H and O–H groups in total. The molecule has 1 unspecified atom stereocenters. The second-order valence-corrected chi connectivity index (χ2v) is 5.81. The lowest BCUT2D eigenvalue weighted by molar-refractivity contribution is 0.803. The first-order valence-corrected chi connectivity index (χ1v) is 7.21. The van der Waals surface area contributed by atoms with Crippen LogP contribution in [0.1, 0.15) is 10.9 Å². The molecule has 1 heterocycles. The van der Waals surface area contributed by atoms with E-state index in [1.54, 1.807) is 11.3 Å². The molecule has 0 aliphatic rings. The summed E-state index contributed by atoms with van der Waals surface area (Å²) in [4.78, 5) is 1.20. The number of thiophene rings is 1. The van der Waals surface area contributed by atoms with Gasteiger partial charge in [-0.25, -0.2) is 0 Å². The lowest BCUT2D eigenvalue weighted by Gasteiger charge is -2.17. The highest BCUT2D eigenvalue weighted by Crippen LogP contribution is 2.31. The van der Waals surface area contributed by atoms with E-state index < -0.39 is 0 Å². The summed E-state index contributed by atoms with van der Waals surface area (Å²) < 4.78 is 1.09. The molecule has 0 bridgehead atoms. The van der Waals surface area contributed by atoms with Gasteiger partial charge in [0.1, 0.15) is 0 Å². The van der Waals surface area contributed by atoms with Gasteiger partial charge in [0.15, 0.2) is 0 Å². The van der Waals surface area contributed by atoms with Gasteiger partial charge >= 0.3 is 0 Å². The molecule has 1 aromatic heterocycles. The van der Waals surface area contributed by atoms with Crippen LogP contribution in [-0.2, 0) is 0 Å². The first-order chi connectivity index (χ1) is 8.20. The van der Waals surface area contributed by atoms with E-state index in [1.165, 1.54) is 4.88 Å². The molecule has 5 heteroatoms. The Kier molecular flexibility index (Phi) is 4.45. The van der Waals surface area contributed by atoms with Gasteiger partial charge in [0.2, 0.25) is 0 Å². The second-order valence-electron chi connectivity index (χ2n) is 3.58. The van der Waals surface area contributed by atoms with Crippen molar-refractivity contribution in [2.75, 3.05) is 11.9 Å². The topological polar surface area (TPSA) is 38.0 Å². The second kappa shape index (κ2) is 5.87. The molecular formula is C12H12BrClN2S. The highest BCUT2D eigenvalue weighted by molar-refractivity contribution is 9.10. The molecule has 2 rings (SSSR count). The zero-order valence-electron chi connectivity index (χ0n) is 8.99. The first kappa shape index (κ1) is 12.9. The van der Waals surface area contributed by atoms with Crippen molar-refractivity contribution in [2.45, 2.75) is 6.04 Å². The molecule has 1 aromatic carbocycles. The van der Waals surface area contributed by atoms with E-state index in [9.17, 15) is 0 Å². The van der Waals surface area contributed by atoms with Crippen molar-refractivity contribution in [3.05, 3.63) is 50.1 Å². The normalized spacial score (nSPS) is 12.4. The molecule has 0 spiro atoms. The molecule has 1 atom stereocenters. The zero-order chi connectivity index (χ0) is 12.3. The fraction of sp³-hybridized carbons (Fsp3) is 0.167. The van der Waals surface area contributed by atoms with Crippen LogP contribution in [0.2, 0.25) is 5.02 Å². The summed E-state index contributed by atoms with van der Waals surface area (Å²) in [6.07, 6.45) is 0. The van der Waals surface area contributed by atoms with Crippen LogP contribution in [0.25, 0.3) is 0 Å². The smallest absolute Gasteiger partial charge is 0.0739 e. The van der Waals surface area contributed by atoms with Crippen LogP contribution in [0.5, 0.6) is 0 Å². The molecule has 2 nitrogen and oxygen atoms in total. The van der Waals surface area contributed by atoms with E-state index >= 15 is 0 Å². The lowest BCUT2D eigenvalue weighted by Crippen LogP contribution is -2.19. The number of hydrogen-bond acceptors (Lipinski definition) is 3. The van der Waals surface area contributed by atoms with E-state index in [-0.39, 0.29) is 6.04 Å². The average Bonchev–Trinajstić information content (AvgIpc) is 2.72. The molecule has 0 saturated heterocycles. The minimum atomic E-state index is 0.0999. The van der Waals surface area contributed by atoms with Gasteiger partial charge in [-0.2, -0.15) is 0 Å². The first-order valence-electron chi connectivity index (χ1n) is 5.16. The largest absolute Gasteiger partial charge is 0.376 e. The fourth-order valence-electron chi connectivity index (χ4n) is 1.57. The van der Waals surface area contributed by atoms with Crippen molar-refractivity contribution >= 4 is 44.6 Å². The van der Waals surface area contributed by atoms with Crippen molar-refractivity contribution < 1.29 is 0 Å². The van der Waals surface area contributed by atoms with Crippen molar-refractivity contribution in [1.29, 1.82) is 0 Å². The van der Waals surface area contributed by atoms with Gasteiger partial charge in [-0.05, 0) is 45.6 Å². The quantitative estimate of drug-likeness (QED) is 0.877. The Morgan fingerprint density at radius 3 is 2.82 bits per heavy atom. The molecule has 0 amide bonds. The van der Waals surface area contributed by atoms with Crippen LogP contribution >= 0.6 is 38.9 Å². The summed E-state index contributed by atoms with van der Waals surface area (Å²) in [6, 6.07) is 9.78. The Hall–Kier alpha value is -0.550. The third-order valence-corrected chi connectivity index (χ3v) is 4.58. The minimum absolute atomic E-state index is 0.0999. The molecule has 0 radical (unpaired) electrons. The van der Waals surface area contributed by atoms with Gasteiger partial charge in [-0.1, -0.05) is 17.7 Å². The zero-order valence-corrected chi connectivity index (χ0v) is 12.1. The van der Waals surface area contributed by atoms with Gasteiger partial charge in [0.05, 0.1) is 6.04 Å². The Balaban J connectivity index is 2.19. The molecule has 90 valence electrons. The maximum atomic E-state index is 5.95. The SMILES string of the molecule is NCC(Nc1cccc(Cl)c1)c1sccc1Br. The van der Waals surface area contributed by atoms with Crippen molar-refractivity contribution in [2.24, 2.45) is 5.73 Å². The Morgan fingerprint density at radius 2 is 2.24 bits per heavy atom. The average molecular weight is 332 g/mol. The van der Waals surface area contributed by atoms with Crippen LogP contribution in [0.3, 0.4) is 0 Å². The standard InChI is InChI=1S/C12H12BrClN2S/c13-10-4-5-17-12(10)11(7-15)16-9-3-1-2-8(14)6-9/h1-6,11,16H,7,15H2. The predicted octanol–water partition coefficient (Wildman–Crippen LogP) is 4.28. The highest BCUT2D eigenvalue weighted by atomic mass is 79.9. The van der Waals surface area contributed by atoms with Crippen LogP contribution < -0.4 is 11.1 Å². The maximum absolute atomic E-state index is 5.95. The van der Waals surface area contributed by atoms with Crippen LogP contribution in [0.4, 0.5) is 5.69 Å². The number of halogens is 2. The fourth-order valence-corrected chi connectivity index (χ4v) is 3.47. The number of nitrogens with two attached hydrogens (primary N) is 1. The van der Waals surface area contributed by atoms with E-state index in [2.05, 4.69) is 21.2 Å². The molecule has 0 aliphatic carbocycles. The summed E-state index contributed by atoms with van der Waals surface area (Å²) in [5.74, 6) is 0. The number of rotatable bonds is 4.